The highest BCUT2D eigenvalue weighted by Gasteiger charge is 2.29. The SMILES string of the molecule is COCCN1C[C@H](CN(C)Cc2ccn[nH]2)CC1=O. The number of carbonyl (C=O) groups excluding carboxylic acids is 1. The van der Waals surface area contributed by atoms with Crippen molar-refractivity contribution in [2.45, 2.75) is 13.0 Å². The van der Waals surface area contributed by atoms with Crippen molar-refractivity contribution in [3.8, 4) is 0 Å². The maximum absolute atomic E-state index is 11.8. The Morgan fingerprint density at radius 1 is 1.63 bits per heavy atom. The zero-order valence-corrected chi connectivity index (χ0v) is 11.6. The fraction of sp³-hybridized carbons (Fsp3) is 0.692. The molecular weight excluding hydrogens is 244 g/mol. The third kappa shape index (κ3) is 4.04. The summed E-state index contributed by atoms with van der Waals surface area (Å²) in [6, 6.07) is 1.97. The topological polar surface area (TPSA) is 61.5 Å². The normalized spacial score (nSPS) is 19.6. The molecule has 0 saturated carbocycles. The average molecular weight is 266 g/mol. The van der Waals surface area contributed by atoms with E-state index in [1.165, 1.54) is 0 Å². The Bertz CT molecular complexity index is 393. The van der Waals surface area contributed by atoms with Gasteiger partial charge >= 0.3 is 0 Å². The van der Waals surface area contributed by atoms with Crippen molar-refractivity contribution in [3.63, 3.8) is 0 Å². The van der Waals surface area contributed by atoms with Gasteiger partial charge in [-0.1, -0.05) is 0 Å². The van der Waals surface area contributed by atoms with Gasteiger partial charge in [0.1, 0.15) is 0 Å². The minimum Gasteiger partial charge on any atom is -0.383 e. The molecule has 106 valence electrons. The lowest BCUT2D eigenvalue weighted by molar-refractivity contribution is -0.128. The van der Waals surface area contributed by atoms with Gasteiger partial charge in [-0.2, -0.15) is 5.10 Å². The molecule has 1 atom stereocenters. The Kier molecular flexibility index (Phi) is 4.93. The molecule has 0 spiro atoms. The van der Waals surface area contributed by atoms with Crippen LogP contribution in [0.1, 0.15) is 12.1 Å². The Labute approximate surface area is 113 Å². The highest BCUT2D eigenvalue weighted by Crippen LogP contribution is 2.18. The van der Waals surface area contributed by atoms with Gasteiger partial charge in [-0.05, 0) is 19.0 Å². The standard InChI is InChI=1S/C13H22N4O2/c1-16(10-12-3-4-14-15-12)8-11-7-13(18)17(9-11)5-6-19-2/h3-4,11H,5-10H2,1-2H3,(H,14,15)/t11-/m0/s1. The van der Waals surface area contributed by atoms with Gasteiger partial charge in [-0.3, -0.25) is 9.89 Å². The predicted octanol–water partition coefficient (Wildman–Crippen LogP) is 0.336. The summed E-state index contributed by atoms with van der Waals surface area (Å²) in [5.41, 5.74) is 1.10. The number of hydrogen-bond acceptors (Lipinski definition) is 4. The fourth-order valence-electron chi connectivity index (χ4n) is 2.56. The molecule has 1 aromatic rings. The Morgan fingerprint density at radius 2 is 2.47 bits per heavy atom. The van der Waals surface area contributed by atoms with Gasteiger partial charge in [-0.25, -0.2) is 0 Å². The highest BCUT2D eigenvalue weighted by atomic mass is 16.5. The number of methoxy groups -OCH3 is 1. The number of amides is 1. The number of carbonyl (C=O) groups is 1. The Morgan fingerprint density at radius 3 is 3.16 bits per heavy atom. The number of likely N-dealkylation sites (tertiary alicyclic amines) is 1. The molecule has 19 heavy (non-hydrogen) atoms. The Hall–Kier alpha value is -1.40. The molecule has 1 aromatic heterocycles. The molecule has 0 unspecified atom stereocenters. The molecule has 0 radical (unpaired) electrons. The molecule has 1 saturated heterocycles. The lowest BCUT2D eigenvalue weighted by Gasteiger charge is -2.20. The number of nitrogens with zero attached hydrogens (tertiary/aromatic N) is 3. The van der Waals surface area contributed by atoms with Crippen LogP contribution in [-0.4, -0.2) is 66.3 Å². The summed E-state index contributed by atoms with van der Waals surface area (Å²) in [7, 11) is 3.74. The molecule has 6 nitrogen and oxygen atoms in total. The molecule has 0 bridgehead atoms. The zero-order valence-electron chi connectivity index (χ0n) is 11.6. The number of rotatable bonds is 7. The summed E-state index contributed by atoms with van der Waals surface area (Å²) in [6.45, 7) is 3.92. The first-order valence-electron chi connectivity index (χ1n) is 6.62. The van der Waals surface area contributed by atoms with Crippen LogP contribution < -0.4 is 0 Å². The fourth-order valence-corrected chi connectivity index (χ4v) is 2.56. The number of ether oxygens (including phenoxy) is 1. The first-order chi connectivity index (χ1) is 9.19. The largest absolute Gasteiger partial charge is 0.383 e. The van der Waals surface area contributed by atoms with Crippen LogP contribution in [0.2, 0.25) is 0 Å². The summed E-state index contributed by atoms with van der Waals surface area (Å²) in [6.07, 6.45) is 2.41. The van der Waals surface area contributed by atoms with Crippen LogP contribution in [0.5, 0.6) is 0 Å². The van der Waals surface area contributed by atoms with Crippen LogP contribution in [0, 0.1) is 5.92 Å². The zero-order chi connectivity index (χ0) is 13.7. The lowest BCUT2D eigenvalue weighted by Crippen LogP contribution is -2.31. The molecule has 1 aliphatic heterocycles. The second kappa shape index (κ2) is 6.68. The Balaban J connectivity index is 1.75. The smallest absolute Gasteiger partial charge is 0.223 e. The maximum atomic E-state index is 11.8. The van der Waals surface area contributed by atoms with Crippen LogP contribution >= 0.6 is 0 Å². The molecular formula is C13H22N4O2. The van der Waals surface area contributed by atoms with E-state index in [-0.39, 0.29) is 5.91 Å². The average Bonchev–Trinajstić information content (AvgIpc) is 2.97. The second-order valence-corrected chi connectivity index (χ2v) is 5.18. The number of H-pyrrole nitrogens is 1. The molecule has 6 heteroatoms. The molecule has 0 aliphatic carbocycles. The molecule has 0 aromatic carbocycles. The number of nitrogens with one attached hydrogen (secondary N) is 1. The quantitative estimate of drug-likeness (QED) is 0.773. The van der Waals surface area contributed by atoms with E-state index in [9.17, 15) is 4.79 Å². The van der Waals surface area contributed by atoms with E-state index in [1.54, 1.807) is 13.3 Å². The van der Waals surface area contributed by atoms with E-state index >= 15 is 0 Å². The van der Waals surface area contributed by atoms with Gasteiger partial charge in [0.25, 0.3) is 0 Å². The van der Waals surface area contributed by atoms with Crippen LogP contribution in [0.15, 0.2) is 12.3 Å². The number of hydrogen-bond donors (Lipinski definition) is 1. The van der Waals surface area contributed by atoms with Crippen LogP contribution in [-0.2, 0) is 16.1 Å². The van der Waals surface area contributed by atoms with Crippen molar-refractivity contribution in [1.29, 1.82) is 0 Å². The summed E-state index contributed by atoms with van der Waals surface area (Å²) >= 11 is 0. The van der Waals surface area contributed by atoms with Gasteiger partial charge in [0.15, 0.2) is 0 Å². The van der Waals surface area contributed by atoms with Crippen molar-refractivity contribution in [2.24, 2.45) is 5.92 Å². The van der Waals surface area contributed by atoms with E-state index < -0.39 is 0 Å². The number of aromatic nitrogens is 2. The van der Waals surface area contributed by atoms with Crippen molar-refractivity contribution in [3.05, 3.63) is 18.0 Å². The maximum Gasteiger partial charge on any atom is 0.223 e. The monoisotopic (exact) mass is 266 g/mol. The van der Waals surface area contributed by atoms with Crippen molar-refractivity contribution < 1.29 is 9.53 Å². The van der Waals surface area contributed by atoms with Gasteiger partial charge in [-0.15, -0.1) is 0 Å². The summed E-state index contributed by atoms with van der Waals surface area (Å²) in [5, 5.41) is 6.89. The van der Waals surface area contributed by atoms with Gasteiger partial charge in [0.2, 0.25) is 5.91 Å². The second-order valence-electron chi connectivity index (χ2n) is 5.18. The molecule has 1 aliphatic rings. The van der Waals surface area contributed by atoms with Crippen LogP contribution in [0.4, 0.5) is 0 Å². The van der Waals surface area contributed by atoms with E-state index in [0.717, 1.165) is 25.3 Å². The van der Waals surface area contributed by atoms with E-state index in [2.05, 4.69) is 22.1 Å². The number of aromatic amines is 1. The first kappa shape index (κ1) is 14.0. The van der Waals surface area contributed by atoms with E-state index in [1.807, 2.05) is 11.0 Å². The predicted molar refractivity (Wildman–Crippen MR) is 71.5 cm³/mol. The third-order valence-electron chi connectivity index (χ3n) is 3.43. The highest BCUT2D eigenvalue weighted by molar-refractivity contribution is 5.78. The van der Waals surface area contributed by atoms with Gasteiger partial charge in [0.05, 0.1) is 6.61 Å². The minimum atomic E-state index is 0.247. The van der Waals surface area contributed by atoms with Crippen LogP contribution in [0.25, 0.3) is 0 Å². The molecule has 2 rings (SSSR count). The van der Waals surface area contributed by atoms with Gasteiger partial charge in [0, 0.05) is 51.6 Å². The van der Waals surface area contributed by atoms with Crippen molar-refractivity contribution >= 4 is 5.91 Å². The summed E-state index contributed by atoms with van der Waals surface area (Å²) in [4.78, 5) is 16.0. The van der Waals surface area contributed by atoms with E-state index in [4.69, 9.17) is 4.74 Å². The van der Waals surface area contributed by atoms with Crippen LogP contribution in [0.3, 0.4) is 0 Å². The molecule has 1 amide bonds. The molecule has 1 fully saturated rings. The summed E-state index contributed by atoms with van der Waals surface area (Å²) < 4.78 is 5.02. The first-order valence-corrected chi connectivity index (χ1v) is 6.62. The molecule has 2 heterocycles. The van der Waals surface area contributed by atoms with Crippen molar-refractivity contribution in [2.75, 3.05) is 40.4 Å². The lowest BCUT2D eigenvalue weighted by atomic mass is 10.1. The third-order valence-corrected chi connectivity index (χ3v) is 3.43. The van der Waals surface area contributed by atoms with Crippen molar-refractivity contribution in [1.82, 2.24) is 20.0 Å². The summed E-state index contributed by atoms with van der Waals surface area (Å²) in [5.74, 6) is 0.661. The molecule has 1 N–H and O–H groups in total. The van der Waals surface area contributed by atoms with Gasteiger partial charge < -0.3 is 14.5 Å². The minimum absolute atomic E-state index is 0.247. The van der Waals surface area contributed by atoms with E-state index in [0.29, 0.717) is 25.5 Å².